The summed E-state index contributed by atoms with van der Waals surface area (Å²) in [5.41, 5.74) is 1.64. The molecule has 2 saturated carbocycles. The van der Waals surface area contributed by atoms with Crippen molar-refractivity contribution < 1.29 is 19.4 Å². The van der Waals surface area contributed by atoms with Crippen LogP contribution in [0.2, 0.25) is 0 Å². The SMILES string of the molecule is CC1=C2CC3(C)C(C)C(O)CC4OC43CC2OC1=O. The Morgan fingerprint density at radius 1 is 1.42 bits per heavy atom. The molecule has 104 valence electrons. The number of hydrogen-bond acceptors (Lipinski definition) is 4. The molecule has 2 heterocycles. The molecule has 0 bridgehead atoms. The third kappa shape index (κ3) is 1.20. The largest absolute Gasteiger partial charge is 0.454 e. The molecule has 0 amide bonds. The van der Waals surface area contributed by atoms with Crippen LogP contribution >= 0.6 is 0 Å². The number of rotatable bonds is 0. The molecule has 4 nitrogen and oxygen atoms in total. The highest BCUT2D eigenvalue weighted by Gasteiger charge is 2.75. The van der Waals surface area contributed by atoms with Gasteiger partial charge in [-0.2, -0.15) is 0 Å². The van der Waals surface area contributed by atoms with Crippen LogP contribution in [0.1, 0.15) is 40.0 Å². The lowest BCUT2D eigenvalue weighted by atomic mass is 9.53. The molecular weight excluding hydrogens is 244 g/mol. The molecule has 4 heteroatoms. The fraction of sp³-hybridized carbons (Fsp3) is 0.800. The molecule has 6 atom stereocenters. The van der Waals surface area contributed by atoms with Crippen molar-refractivity contribution in [1.82, 2.24) is 0 Å². The Morgan fingerprint density at radius 2 is 2.16 bits per heavy atom. The van der Waals surface area contributed by atoms with Crippen molar-refractivity contribution in [3.8, 4) is 0 Å². The van der Waals surface area contributed by atoms with Gasteiger partial charge in [0.2, 0.25) is 0 Å². The van der Waals surface area contributed by atoms with Gasteiger partial charge < -0.3 is 14.6 Å². The van der Waals surface area contributed by atoms with Crippen molar-refractivity contribution in [2.75, 3.05) is 0 Å². The Hall–Kier alpha value is -0.870. The first kappa shape index (κ1) is 11.9. The summed E-state index contributed by atoms with van der Waals surface area (Å²) >= 11 is 0. The molecule has 1 saturated heterocycles. The number of hydrogen-bond donors (Lipinski definition) is 1. The fourth-order valence-corrected chi connectivity index (χ4v) is 4.66. The molecule has 1 N–H and O–H groups in total. The Kier molecular flexibility index (Phi) is 2.03. The number of fused-ring (bicyclic) bond motifs is 1. The van der Waals surface area contributed by atoms with Crippen molar-refractivity contribution in [3.63, 3.8) is 0 Å². The summed E-state index contributed by atoms with van der Waals surface area (Å²) in [6, 6.07) is 0. The van der Waals surface area contributed by atoms with Crippen molar-refractivity contribution in [2.24, 2.45) is 11.3 Å². The summed E-state index contributed by atoms with van der Waals surface area (Å²) in [4.78, 5) is 11.7. The van der Waals surface area contributed by atoms with Crippen LogP contribution in [0.15, 0.2) is 11.1 Å². The molecule has 2 aliphatic carbocycles. The normalized spacial score (nSPS) is 55.3. The quantitative estimate of drug-likeness (QED) is 0.533. The van der Waals surface area contributed by atoms with Gasteiger partial charge in [-0.1, -0.05) is 13.8 Å². The predicted molar refractivity (Wildman–Crippen MR) is 67.3 cm³/mol. The maximum atomic E-state index is 11.7. The summed E-state index contributed by atoms with van der Waals surface area (Å²) in [5, 5.41) is 10.2. The van der Waals surface area contributed by atoms with Gasteiger partial charge in [-0.15, -0.1) is 0 Å². The number of esters is 1. The molecule has 4 aliphatic rings. The molecule has 0 aromatic heterocycles. The van der Waals surface area contributed by atoms with Crippen LogP contribution in [0.5, 0.6) is 0 Å². The minimum absolute atomic E-state index is 0.0869. The van der Waals surface area contributed by atoms with Gasteiger partial charge in [-0.05, 0) is 24.8 Å². The summed E-state index contributed by atoms with van der Waals surface area (Å²) in [7, 11) is 0. The molecule has 0 radical (unpaired) electrons. The maximum absolute atomic E-state index is 11.7. The molecule has 2 aliphatic heterocycles. The number of epoxide rings is 1. The van der Waals surface area contributed by atoms with Crippen LogP contribution in [-0.4, -0.2) is 35.0 Å². The lowest BCUT2D eigenvalue weighted by molar-refractivity contribution is -0.143. The van der Waals surface area contributed by atoms with E-state index in [4.69, 9.17) is 9.47 Å². The lowest BCUT2D eigenvalue weighted by Crippen LogP contribution is -2.55. The fourth-order valence-electron chi connectivity index (χ4n) is 4.66. The van der Waals surface area contributed by atoms with Crippen molar-refractivity contribution in [1.29, 1.82) is 0 Å². The number of ether oxygens (including phenoxy) is 2. The Labute approximate surface area is 112 Å². The van der Waals surface area contributed by atoms with E-state index < -0.39 is 0 Å². The Balaban J connectivity index is 1.79. The molecule has 3 fully saturated rings. The third-order valence-electron chi connectivity index (χ3n) is 6.29. The third-order valence-corrected chi connectivity index (χ3v) is 6.29. The number of carbonyl (C=O) groups is 1. The Morgan fingerprint density at radius 3 is 2.89 bits per heavy atom. The van der Waals surface area contributed by atoms with Gasteiger partial charge in [-0.25, -0.2) is 4.79 Å². The summed E-state index contributed by atoms with van der Waals surface area (Å²) in [5.74, 6) is 0.00671. The first-order chi connectivity index (χ1) is 8.89. The average molecular weight is 264 g/mol. The van der Waals surface area contributed by atoms with E-state index >= 15 is 0 Å². The van der Waals surface area contributed by atoms with E-state index in [0.29, 0.717) is 0 Å². The molecular formula is C15H20O4. The summed E-state index contributed by atoms with van der Waals surface area (Å²) in [6.07, 6.45) is 2.04. The first-order valence-electron chi connectivity index (χ1n) is 7.15. The van der Waals surface area contributed by atoms with Crippen molar-refractivity contribution >= 4 is 5.97 Å². The smallest absolute Gasteiger partial charge is 0.334 e. The monoisotopic (exact) mass is 264 g/mol. The zero-order valence-corrected chi connectivity index (χ0v) is 11.6. The van der Waals surface area contributed by atoms with E-state index in [1.165, 1.54) is 0 Å². The van der Waals surface area contributed by atoms with Crippen LogP contribution in [0, 0.1) is 11.3 Å². The van der Waals surface area contributed by atoms with Gasteiger partial charge in [-0.3, -0.25) is 0 Å². The van der Waals surface area contributed by atoms with Crippen LogP contribution < -0.4 is 0 Å². The molecule has 6 unspecified atom stereocenters. The summed E-state index contributed by atoms with van der Waals surface area (Å²) in [6.45, 7) is 6.17. The van der Waals surface area contributed by atoms with Crippen LogP contribution in [0.25, 0.3) is 0 Å². The second kappa shape index (κ2) is 3.23. The lowest BCUT2D eigenvalue weighted by Gasteiger charge is -2.50. The van der Waals surface area contributed by atoms with Gasteiger partial charge in [0, 0.05) is 23.8 Å². The van der Waals surface area contributed by atoms with Gasteiger partial charge in [0.15, 0.2) is 0 Å². The van der Waals surface area contributed by atoms with Crippen LogP contribution in [-0.2, 0) is 14.3 Å². The zero-order chi connectivity index (χ0) is 13.6. The van der Waals surface area contributed by atoms with Crippen LogP contribution in [0.4, 0.5) is 0 Å². The van der Waals surface area contributed by atoms with E-state index in [9.17, 15) is 9.90 Å². The van der Waals surface area contributed by atoms with E-state index in [1.54, 1.807) is 0 Å². The number of carbonyl (C=O) groups excluding carboxylic acids is 1. The minimum atomic E-state index is -0.305. The summed E-state index contributed by atoms with van der Waals surface area (Å²) < 4.78 is 11.5. The average Bonchev–Trinajstić information content (AvgIpc) is 2.98. The van der Waals surface area contributed by atoms with Crippen molar-refractivity contribution in [2.45, 2.75) is 63.9 Å². The minimum Gasteiger partial charge on any atom is -0.454 e. The van der Waals surface area contributed by atoms with Gasteiger partial charge >= 0.3 is 5.97 Å². The van der Waals surface area contributed by atoms with Gasteiger partial charge in [0.1, 0.15) is 11.7 Å². The molecule has 0 aromatic carbocycles. The second-order valence-electron chi connectivity index (χ2n) is 6.93. The number of aliphatic hydroxyl groups excluding tert-OH is 1. The molecule has 0 aromatic rings. The highest BCUT2D eigenvalue weighted by atomic mass is 16.6. The standard InChI is InChI=1S/C15H20O4/c1-7-9-5-14(3)8(2)10(16)4-12-15(14,19-12)6-11(9)18-13(7)17/h8,10-12,16H,4-6H2,1-3H3. The van der Waals surface area contributed by atoms with Crippen molar-refractivity contribution in [3.05, 3.63) is 11.1 Å². The topological polar surface area (TPSA) is 59.1 Å². The van der Waals surface area contributed by atoms with E-state index in [1.807, 2.05) is 6.92 Å². The highest BCUT2D eigenvalue weighted by molar-refractivity contribution is 5.91. The molecule has 1 spiro atoms. The highest BCUT2D eigenvalue weighted by Crippen LogP contribution is 2.68. The van der Waals surface area contributed by atoms with Crippen LogP contribution in [0.3, 0.4) is 0 Å². The van der Waals surface area contributed by atoms with E-state index in [-0.39, 0.29) is 41.2 Å². The first-order valence-corrected chi connectivity index (χ1v) is 7.15. The zero-order valence-electron chi connectivity index (χ0n) is 11.6. The van der Waals surface area contributed by atoms with Gasteiger partial charge in [0.05, 0.1) is 12.2 Å². The number of aliphatic hydroxyl groups is 1. The van der Waals surface area contributed by atoms with E-state index in [0.717, 1.165) is 30.4 Å². The van der Waals surface area contributed by atoms with Gasteiger partial charge in [0.25, 0.3) is 0 Å². The second-order valence-corrected chi connectivity index (χ2v) is 6.93. The molecule has 19 heavy (non-hydrogen) atoms. The van der Waals surface area contributed by atoms with E-state index in [2.05, 4.69) is 13.8 Å². The molecule has 4 rings (SSSR count). The predicted octanol–water partition coefficient (Wildman–Crippen LogP) is 1.57. The maximum Gasteiger partial charge on any atom is 0.334 e. The Bertz CT molecular complexity index is 510.